The summed E-state index contributed by atoms with van der Waals surface area (Å²) in [6.45, 7) is 4.71. The number of rotatable bonds is 3. The molecule has 0 amide bonds. The monoisotopic (exact) mass is 596 g/mol. The molecule has 9 aromatic rings. The molecule has 220 valence electrons. The lowest BCUT2D eigenvalue weighted by Crippen LogP contribution is -2.14. The van der Waals surface area contributed by atoms with E-state index in [1.807, 2.05) is 0 Å². The van der Waals surface area contributed by atoms with Crippen LogP contribution in [0.4, 0.5) is 0 Å². The first-order valence-corrected chi connectivity index (χ1v) is 16.6. The summed E-state index contributed by atoms with van der Waals surface area (Å²) in [5.74, 6) is 0. The molecule has 1 aliphatic rings. The fourth-order valence-corrected chi connectivity index (χ4v) is 8.41. The zero-order valence-electron chi connectivity index (χ0n) is 26.5. The second-order valence-electron chi connectivity index (χ2n) is 13.7. The number of hydrogen-bond acceptors (Lipinski definition) is 0. The third kappa shape index (κ3) is 3.82. The second kappa shape index (κ2) is 9.64. The van der Waals surface area contributed by atoms with Gasteiger partial charge in [0, 0.05) is 5.41 Å². The lowest BCUT2D eigenvalue weighted by Gasteiger charge is -2.21. The quantitative estimate of drug-likeness (QED) is 0.178. The Morgan fingerprint density at radius 2 is 0.915 bits per heavy atom. The summed E-state index contributed by atoms with van der Waals surface area (Å²) in [6.07, 6.45) is 0. The number of benzene rings is 9. The highest BCUT2D eigenvalue weighted by Gasteiger charge is 2.35. The van der Waals surface area contributed by atoms with Gasteiger partial charge in [-0.1, -0.05) is 147 Å². The van der Waals surface area contributed by atoms with Crippen LogP contribution in [-0.4, -0.2) is 0 Å². The maximum Gasteiger partial charge on any atom is 0.0159 e. The highest BCUT2D eigenvalue weighted by atomic mass is 14.4. The zero-order chi connectivity index (χ0) is 31.3. The Kier molecular flexibility index (Phi) is 5.44. The standard InChI is InChI=1S/C47H32/c1-47(2)43-14-7-6-13-39(43)42-27-34-16-15-33(26-36(34)28-44(42)47)32-11-8-12-35(25-32)38-22-18-31-19-23-40-37(29-9-4-3-5-10-29)21-17-30-20-24-41(38)46(31)45(30)40/h3-28H,1-2H3. The van der Waals surface area contributed by atoms with Gasteiger partial charge >= 0.3 is 0 Å². The van der Waals surface area contributed by atoms with E-state index in [0.717, 1.165) is 0 Å². The SMILES string of the molecule is CC1(C)c2ccccc2-c2cc3ccc(-c4cccc(-c5ccc6ccc7c(-c8ccccc8)ccc8ccc5c6c87)c4)cc3cc21. The van der Waals surface area contributed by atoms with Crippen molar-refractivity contribution < 1.29 is 0 Å². The lowest BCUT2D eigenvalue weighted by atomic mass is 9.82. The Bertz CT molecular complexity index is 2690. The average Bonchev–Trinajstić information content (AvgIpc) is 3.35. The van der Waals surface area contributed by atoms with Gasteiger partial charge in [-0.15, -0.1) is 0 Å². The molecule has 9 aromatic carbocycles. The van der Waals surface area contributed by atoms with Crippen molar-refractivity contribution in [3.8, 4) is 44.5 Å². The molecule has 10 rings (SSSR count). The first-order chi connectivity index (χ1) is 23.0. The minimum absolute atomic E-state index is 0.00702. The molecule has 47 heavy (non-hydrogen) atoms. The van der Waals surface area contributed by atoms with E-state index in [1.54, 1.807) is 0 Å². The molecule has 0 heteroatoms. The minimum atomic E-state index is -0.00702. The third-order valence-electron chi connectivity index (χ3n) is 10.8. The Morgan fingerprint density at radius 3 is 1.68 bits per heavy atom. The first-order valence-electron chi connectivity index (χ1n) is 16.6. The Balaban J connectivity index is 1.11. The van der Waals surface area contributed by atoms with Crippen LogP contribution < -0.4 is 0 Å². The van der Waals surface area contributed by atoms with Gasteiger partial charge in [-0.2, -0.15) is 0 Å². The molecule has 0 aromatic heterocycles. The van der Waals surface area contributed by atoms with Gasteiger partial charge in [-0.05, 0) is 123 Å². The molecule has 0 saturated heterocycles. The van der Waals surface area contributed by atoms with Crippen LogP contribution in [0, 0.1) is 0 Å². The molecule has 0 nitrogen and oxygen atoms in total. The van der Waals surface area contributed by atoms with Crippen molar-refractivity contribution in [2.24, 2.45) is 0 Å². The highest BCUT2D eigenvalue weighted by molar-refractivity contribution is 6.27. The fourth-order valence-electron chi connectivity index (χ4n) is 8.41. The summed E-state index contributed by atoms with van der Waals surface area (Å²) in [4.78, 5) is 0. The molecule has 0 N–H and O–H groups in total. The van der Waals surface area contributed by atoms with Crippen molar-refractivity contribution in [3.05, 3.63) is 169 Å². The molecular weight excluding hydrogens is 565 g/mol. The van der Waals surface area contributed by atoms with Crippen molar-refractivity contribution >= 4 is 43.1 Å². The van der Waals surface area contributed by atoms with Crippen LogP contribution in [0.25, 0.3) is 87.6 Å². The van der Waals surface area contributed by atoms with Crippen LogP contribution in [0.15, 0.2) is 158 Å². The average molecular weight is 597 g/mol. The van der Waals surface area contributed by atoms with Gasteiger partial charge in [0.2, 0.25) is 0 Å². The first kappa shape index (κ1) is 26.5. The van der Waals surface area contributed by atoms with E-state index < -0.39 is 0 Å². The molecule has 0 bridgehead atoms. The molecule has 0 aliphatic heterocycles. The lowest BCUT2D eigenvalue weighted by molar-refractivity contribution is 0.661. The smallest absolute Gasteiger partial charge is 0.0159 e. The van der Waals surface area contributed by atoms with Gasteiger partial charge in [0.25, 0.3) is 0 Å². The maximum atomic E-state index is 2.43. The van der Waals surface area contributed by atoms with Gasteiger partial charge in [-0.25, -0.2) is 0 Å². The van der Waals surface area contributed by atoms with E-state index in [1.165, 1.54) is 98.7 Å². The molecule has 0 saturated carbocycles. The molecule has 0 radical (unpaired) electrons. The second-order valence-corrected chi connectivity index (χ2v) is 13.7. The van der Waals surface area contributed by atoms with Gasteiger partial charge in [-0.3, -0.25) is 0 Å². The van der Waals surface area contributed by atoms with Gasteiger partial charge in [0.05, 0.1) is 0 Å². The fraction of sp³-hybridized carbons (Fsp3) is 0.0638. The van der Waals surface area contributed by atoms with Crippen LogP contribution >= 0.6 is 0 Å². The van der Waals surface area contributed by atoms with E-state index in [4.69, 9.17) is 0 Å². The summed E-state index contributed by atoms with van der Waals surface area (Å²) < 4.78 is 0. The van der Waals surface area contributed by atoms with Crippen LogP contribution in [0.2, 0.25) is 0 Å². The Hall–Kier alpha value is -5.72. The van der Waals surface area contributed by atoms with E-state index in [-0.39, 0.29) is 5.41 Å². The topological polar surface area (TPSA) is 0 Å². The number of hydrogen-bond donors (Lipinski definition) is 0. The van der Waals surface area contributed by atoms with Crippen molar-refractivity contribution in [1.82, 2.24) is 0 Å². The molecule has 0 spiro atoms. The molecule has 0 heterocycles. The molecule has 0 atom stereocenters. The third-order valence-corrected chi connectivity index (χ3v) is 10.8. The predicted octanol–water partition coefficient (Wildman–Crippen LogP) is 13.0. The summed E-state index contributed by atoms with van der Waals surface area (Å²) in [5.41, 5.74) is 13.1. The highest BCUT2D eigenvalue weighted by Crippen LogP contribution is 2.50. The van der Waals surface area contributed by atoms with E-state index in [2.05, 4.69) is 172 Å². The van der Waals surface area contributed by atoms with Gasteiger partial charge in [0.1, 0.15) is 0 Å². The van der Waals surface area contributed by atoms with Crippen molar-refractivity contribution in [2.75, 3.05) is 0 Å². The predicted molar refractivity (Wildman–Crippen MR) is 202 cm³/mol. The molecule has 0 fully saturated rings. The van der Waals surface area contributed by atoms with Gasteiger partial charge < -0.3 is 0 Å². The normalized spacial score (nSPS) is 13.5. The molecule has 1 aliphatic carbocycles. The van der Waals surface area contributed by atoms with Crippen molar-refractivity contribution in [1.29, 1.82) is 0 Å². The van der Waals surface area contributed by atoms with Crippen molar-refractivity contribution in [2.45, 2.75) is 19.3 Å². The maximum absolute atomic E-state index is 2.43. The van der Waals surface area contributed by atoms with Crippen LogP contribution in [0.1, 0.15) is 25.0 Å². The van der Waals surface area contributed by atoms with Crippen LogP contribution in [0.5, 0.6) is 0 Å². The van der Waals surface area contributed by atoms with Crippen LogP contribution in [-0.2, 0) is 5.41 Å². The molecular formula is C47H32. The summed E-state index contributed by atoms with van der Waals surface area (Å²) in [5, 5.41) is 10.5. The number of fused-ring (bicyclic) bond motifs is 4. The van der Waals surface area contributed by atoms with Crippen molar-refractivity contribution in [3.63, 3.8) is 0 Å². The van der Waals surface area contributed by atoms with E-state index >= 15 is 0 Å². The summed E-state index contributed by atoms with van der Waals surface area (Å²) >= 11 is 0. The van der Waals surface area contributed by atoms with E-state index in [0.29, 0.717) is 0 Å². The zero-order valence-corrected chi connectivity index (χ0v) is 26.5. The Labute approximate surface area is 274 Å². The summed E-state index contributed by atoms with van der Waals surface area (Å²) in [6, 6.07) is 58.9. The van der Waals surface area contributed by atoms with Gasteiger partial charge in [0.15, 0.2) is 0 Å². The minimum Gasteiger partial charge on any atom is -0.0622 e. The summed E-state index contributed by atoms with van der Waals surface area (Å²) in [7, 11) is 0. The largest absolute Gasteiger partial charge is 0.0622 e. The molecule has 0 unspecified atom stereocenters. The van der Waals surface area contributed by atoms with Crippen LogP contribution in [0.3, 0.4) is 0 Å². The van der Waals surface area contributed by atoms with E-state index in [9.17, 15) is 0 Å². The Morgan fingerprint density at radius 1 is 0.319 bits per heavy atom.